The van der Waals surface area contributed by atoms with Gasteiger partial charge in [-0.1, -0.05) is 68.2 Å². The fraction of sp³-hybridized carbons (Fsp3) is 0.895. The molecule has 1 heterocycles. The molecule has 1 aliphatic rings. The van der Waals surface area contributed by atoms with E-state index in [-0.39, 0.29) is 83.7 Å². The monoisotopic (exact) mass is 666 g/mol. The number of carbonyl (C=O) groups is 4. The molecule has 9 nitrogen and oxygen atoms in total. The molecule has 0 spiro atoms. The number of nitrogens with zero attached hydrogens (tertiary/aromatic N) is 3. The molecule has 1 rings (SSSR count). The highest BCUT2D eigenvalue weighted by molar-refractivity contribution is 5.90. The van der Waals surface area contributed by atoms with Crippen LogP contribution in [0.4, 0.5) is 0 Å². The number of rotatable bonds is 20. The molecule has 9 atom stereocenters. The molecule has 0 saturated carbocycles. The number of ketones is 2. The second kappa shape index (κ2) is 19.4. The van der Waals surface area contributed by atoms with Crippen LogP contribution in [0.1, 0.15) is 121 Å². The van der Waals surface area contributed by atoms with Crippen molar-refractivity contribution in [1.29, 1.82) is 0 Å². The quantitative estimate of drug-likeness (QED) is 0.151. The first-order chi connectivity index (χ1) is 21.8. The molecule has 0 aromatic heterocycles. The summed E-state index contributed by atoms with van der Waals surface area (Å²) in [6.45, 7) is 23.1. The van der Waals surface area contributed by atoms with Crippen LogP contribution in [0.3, 0.4) is 0 Å². The molecule has 1 saturated heterocycles. The molecular weight excluding hydrogens is 594 g/mol. The van der Waals surface area contributed by atoms with Crippen LogP contribution in [0.25, 0.3) is 0 Å². The summed E-state index contributed by atoms with van der Waals surface area (Å²) in [5, 5.41) is 0. The Morgan fingerprint density at radius 2 is 1.45 bits per heavy atom. The maximum absolute atomic E-state index is 14.0. The predicted octanol–water partition coefficient (Wildman–Crippen LogP) is 6.26. The lowest BCUT2D eigenvalue weighted by Gasteiger charge is -2.41. The summed E-state index contributed by atoms with van der Waals surface area (Å²) in [6, 6.07) is -0.830. The van der Waals surface area contributed by atoms with E-state index in [4.69, 9.17) is 9.47 Å². The summed E-state index contributed by atoms with van der Waals surface area (Å²) in [6.07, 6.45) is 3.24. The first-order valence-corrected chi connectivity index (χ1v) is 18.2. The van der Waals surface area contributed by atoms with E-state index in [2.05, 4.69) is 53.4 Å². The molecule has 0 aromatic rings. The standard InChI is InChI=1S/C38H71N3O6/c1-16-25(5)21-30(42)28(8)36(47-15)29-19-18-20-41(29)33(44)23-32(46-14)35(26(6)17-2)39(12)37(45)27(7)22-31(43)34(24(3)4)40(13)38(9,10)11/h24-29,32,34-36H,16-23H2,1-15H3/t25-,26+,27-,28+,29+,32-,34+,35+,36-/m1/s1. The van der Waals surface area contributed by atoms with Gasteiger partial charge in [-0.25, -0.2) is 0 Å². The van der Waals surface area contributed by atoms with Gasteiger partial charge in [-0.05, 0) is 58.4 Å². The second-order valence-electron chi connectivity index (χ2n) is 15.8. The molecule has 1 aliphatic heterocycles. The fourth-order valence-corrected chi connectivity index (χ4v) is 7.32. The van der Waals surface area contributed by atoms with Crippen molar-refractivity contribution in [3.05, 3.63) is 0 Å². The lowest BCUT2D eigenvalue weighted by molar-refractivity contribution is -0.148. The zero-order chi connectivity index (χ0) is 36.4. The SMILES string of the molecule is CC[C@@H](C)CC(=O)[C@H](C)[C@@H](OC)[C@@H]1CCCN1C(=O)C[C@@H](OC)[C@H]([C@@H](C)CC)N(C)C(=O)[C@H](C)CC(=O)[C@H](C(C)C)N(C)C(C)(C)C. The van der Waals surface area contributed by atoms with Gasteiger partial charge >= 0.3 is 0 Å². The van der Waals surface area contributed by atoms with Crippen molar-refractivity contribution in [2.24, 2.45) is 29.6 Å². The molecule has 274 valence electrons. The Balaban J connectivity index is 3.18. The van der Waals surface area contributed by atoms with Crippen LogP contribution < -0.4 is 0 Å². The largest absolute Gasteiger partial charge is 0.379 e. The fourth-order valence-electron chi connectivity index (χ4n) is 7.32. The molecule has 2 amide bonds. The van der Waals surface area contributed by atoms with E-state index in [1.807, 2.05) is 39.6 Å². The highest BCUT2D eigenvalue weighted by Gasteiger charge is 2.42. The highest BCUT2D eigenvalue weighted by atomic mass is 16.5. The average Bonchev–Trinajstić information content (AvgIpc) is 3.49. The van der Waals surface area contributed by atoms with Crippen LogP contribution in [0, 0.1) is 29.6 Å². The van der Waals surface area contributed by atoms with Crippen LogP contribution in [0.5, 0.6) is 0 Å². The van der Waals surface area contributed by atoms with Gasteiger partial charge in [0.25, 0.3) is 0 Å². The van der Waals surface area contributed by atoms with Crippen molar-refractivity contribution < 1.29 is 28.7 Å². The van der Waals surface area contributed by atoms with Gasteiger partial charge < -0.3 is 19.3 Å². The van der Waals surface area contributed by atoms with Gasteiger partial charge in [-0.15, -0.1) is 0 Å². The van der Waals surface area contributed by atoms with Crippen molar-refractivity contribution in [3.8, 4) is 0 Å². The number of methoxy groups -OCH3 is 2. The third-order valence-electron chi connectivity index (χ3n) is 11.0. The van der Waals surface area contributed by atoms with Gasteiger partial charge in [0.1, 0.15) is 5.78 Å². The lowest BCUT2D eigenvalue weighted by Crippen LogP contribution is -2.54. The maximum atomic E-state index is 14.0. The Kier molecular flexibility index (Phi) is 17.8. The van der Waals surface area contributed by atoms with E-state index in [0.29, 0.717) is 18.9 Å². The van der Waals surface area contributed by atoms with Crippen molar-refractivity contribution in [3.63, 3.8) is 0 Å². The van der Waals surface area contributed by atoms with Gasteiger partial charge in [0, 0.05) is 58.0 Å². The molecule has 0 radical (unpaired) electrons. The molecule has 0 unspecified atom stereocenters. The van der Waals surface area contributed by atoms with Crippen molar-refractivity contribution in [1.82, 2.24) is 14.7 Å². The summed E-state index contributed by atoms with van der Waals surface area (Å²) in [5.41, 5.74) is -0.187. The predicted molar refractivity (Wildman–Crippen MR) is 190 cm³/mol. The van der Waals surface area contributed by atoms with E-state index < -0.39 is 12.0 Å². The van der Waals surface area contributed by atoms with Crippen molar-refractivity contribution in [2.75, 3.05) is 34.9 Å². The Hall–Kier alpha value is -1.84. The number of Topliss-reactive ketones (excluding diaryl/α,β-unsaturated/α-hetero) is 2. The molecule has 0 aliphatic carbocycles. The Bertz CT molecular complexity index is 1010. The van der Waals surface area contributed by atoms with Crippen LogP contribution >= 0.6 is 0 Å². The van der Waals surface area contributed by atoms with E-state index in [9.17, 15) is 19.2 Å². The van der Waals surface area contributed by atoms with Crippen molar-refractivity contribution in [2.45, 2.75) is 157 Å². The van der Waals surface area contributed by atoms with E-state index in [1.54, 1.807) is 26.2 Å². The first-order valence-electron chi connectivity index (χ1n) is 18.2. The molecule has 47 heavy (non-hydrogen) atoms. The number of hydrogen-bond acceptors (Lipinski definition) is 7. The van der Waals surface area contributed by atoms with Gasteiger partial charge in [0.2, 0.25) is 11.8 Å². The highest BCUT2D eigenvalue weighted by Crippen LogP contribution is 2.31. The average molecular weight is 666 g/mol. The number of likely N-dealkylation sites (N-methyl/N-ethyl adjacent to an activating group) is 2. The second-order valence-corrected chi connectivity index (χ2v) is 15.8. The normalized spacial score (nSPS) is 20.8. The van der Waals surface area contributed by atoms with Gasteiger partial charge in [-0.2, -0.15) is 0 Å². The first kappa shape index (κ1) is 43.2. The zero-order valence-corrected chi connectivity index (χ0v) is 32.7. The Morgan fingerprint density at radius 1 is 0.851 bits per heavy atom. The molecule has 1 fully saturated rings. The topological polar surface area (TPSA) is 96.5 Å². The molecule has 0 N–H and O–H groups in total. The van der Waals surface area contributed by atoms with Crippen LogP contribution in [0.2, 0.25) is 0 Å². The minimum atomic E-state index is -0.531. The summed E-state index contributed by atoms with van der Waals surface area (Å²) < 4.78 is 11.9. The number of carbonyl (C=O) groups excluding carboxylic acids is 4. The third kappa shape index (κ3) is 11.6. The number of amides is 2. The maximum Gasteiger partial charge on any atom is 0.225 e. The van der Waals surface area contributed by atoms with Crippen LogP contribution in [0.15, 0.2) is 0 Å². The lowest BCUT2D eigenvalue weighted by atomic mass is 9.87. The minimum absolute atomic E-state index is 0.0506. The smallest absolute Gasteiger partial charge is 0.225 e. The van der Waals surface area contributed by atoms with E-state index >= 15 is 0 Å². The summed E-state index contributed by atoms with van der Waals surface area (Å²) in [4.78, 5) is 60.3. The molecular formula is C38H71N3O6. The Labute approximate surface area is 287 Å². The van der Waals surface area contributed by atoms with Crippen LogP contribution in [-0.4, -0.2) is 109 Å². The van der Waals surface area contributed by atoms with Gasteiger partial charge in [0.05, 0.1) is 36.8 Å². The number of ether oxygens (including phenoxy) is 2. The molecule has 0 bridgehead atoms. The number of likely N-dealkylation sites (tertiary alicyclic amines) is 1. The number of hydrogen-bond donors (Lipinski definition) is 0. The summed E-state index contributed by atoms with van der Waals surface area (Å²) in [5.74, 6) is -0.283. The van der Waals surface area contributed by atoms with Crippen LogP contribution in [-0.2, 0) is 28.7 Å². The van der Waals surface area contributed by atoms with Crippen molar-refractivity contribution >= 4 is 23.4 Å². The third-order valence-corrected chi connectivity index (χ3v) is 11.0. The van der Waals surface area contributed by atoms with E-state index in [0.717, 1.165) is 25.7 Å². The summed E-state index contributed by atoms with van der Waals surface area (Å²) in [7, 11) is 6.99. The Morgan fingerprint density at radius 3 is 1.91 bits per heavy atom. The zero-order valence-electron chi connectivity index (χ0n) is 32.7. The summed E-state index contributed by atoms with van der Waals surface area (Å²) >= 11 is 0. The van der Waals surface area contributed by atoms with E-state index in [1.165, 1.54) is 0 Å². The molecule has 0 aromatic carbocycles. The van der Waals surface area contributed by atoms with Gasteiger partial charge in [0.15, 0.2) is 5.78 Å². The molecule has 9 heteroatoms. The van der Waals surface area contributed by atoms with Gasteiger partial charge in [-0.3, -0.25) is 24.1 Å². The minimum Gasteiger partial charge on any atom is -0.379 e.